The lowest BCUT2D eigenvalue weighted by molar-refractivity contribution is -0.295. The van der Waals surface area contributed by atoms with Gasteiger partial charge < -0.3 is 129 Å². The molecular formula is C96H150N18O30. The van der Waals surface area contributed by atoms with Crippen LogP contribution in [0.2, 0.25) is 0 Å². The zero-order valence-electron chi connectivity index (χ0n) is 84.2. The van der Waals surface area contributed by atoms with E-state index >= 15 is 14.4 Å². The SMILES string of the molecule is CC(=O)C[C@H](NC(=O)[C@@H]1CCCN1C(=O)[C@H](C)CC(=O)[C@H](CO)NC(=O)[C@@H](CC(=O)[C@@H](NC(=O)CCC(=O)[C@H](C)Cc1cnc[nH]1)C(C)C)C(C)O)C(=O)C[C@H](C(=O)N[C@@H](CCCNC(=N)N)C(=O)N1CCC[C@H]1C(=O)C[C@@H](C)C(=O)N1CCC[C@H]1C(=O)NCC(=O)C[C@@H](CO)C(=O)N[C@H](C(=O)C[C@@H](C)C(=O)N1CCC[C@H]1C(=O)N1CCC[C@H]1C(=O)N[C@H](C)C(N)=O)C(C)O)C(C)O[C@H]1O[C@@H](CO)[C@H](O)C(O)C1C. The molecule has 13 amide bonds. The maximum atomic E-state index is 15.4. The molecule has 48 heteroatoms. The van der Waals surface area contributed by atoms with Crippen molar-refractivity contribution < 1.29 is 146 Å². The molecule has 804 valence electrons. The number of aromatic amines is 1. The fraction of sp³-hybridized carbons (Fsp3) is 0.740. The lowest BCUT2D eigenvalue weighted by Crippen LogP contribution is -2.57. The van der Waals surface area contributed by atoms with Crippen LogP contribution in [0.15, 0.2) is 12.5 Å². The number of carbonyl (C=O) groups excluding carboxylic acids is 21. The number of aliphatic hydroxyl groups excluding tert-OH is 7. The standard InChI is InChI=1S/C96H150N18O30/c1-47(2)79(108-78(128)26-25-71(122)48(3)33-59-41-100-46-103-59)76(127)39-61(55(10)119)85(133)107-65(44-116)72(123)34-49(4)90(138)112-30-16-23-69(112)89(137)106-64(37-52(7)118)73(124)40-62(57(12)143-95-53(8)81(129)82(130)77(45-117)144-95)86(134)105-63(19-13-27-101-96(98)99)93(141)110-28-14-20-66(110)74(125)35-50(5)91(139)111-29-15-21-67(111)87(135)102-42-60(121)38-58(43-115)84(132)109-80(56(11)120)75(126)36-51(6)92(140)114-32-18-24-70(114)94(142)113-31-17-22-68(113)88(136)104-54(9)83(97)131/h41,46-51,53-58,61-70,77,79-82,95,115-117,119-120,129-130H,13-40,42-45H2,1-12H3,(H2,97,131)(H,100,103)(H,102,135)(H,104,136)(H,105,134)(H,106,137)(H,107,133)(H,108,128)(H,109,132)(H4,98,99,101)/t48-,49-,50-,51-,53?,54-,55?,56?,57?,58+,61+,62+,63+,64+,65+,66+,67+,68+,69+,70+,77+,79+,80+,81?,82+,95+/m1/s1. The molecule has 6 saturated heterocycles. The van der Waals surface area contributed by atoms with Crippen molar-refractivity contribution in [2.75, 3.05) is 65.6 Å². The van der Waals surface area contributed by atoms with Crippen molar-refractivity contribution in [1.29, 1.82) is 5.41 Å². The number of carbonyl (C=O) groups is 21. The number of nitrogens with two attached hydrogens (primary N) is 2. The number of primary amides is 1. The van der Waals surface area contributed by atoms with Gasteiger partial charge in [-0.15, -0.1) is 0 Å². The van der Waals surface area contributed by atoms with Crippen LogP contribution in [0.5, 0.6) is 0 Å². The second-order valence-corrected chi connectivity index (χ2v) is 39.8. The van der Waals surface area contributed by atoms with Crippen molar-refractivity contribution >= 4 is 129 Å². The van der Waals surface area contributed by atoms with Gasteiger partial charge in [0.05, 0.1) is 93.0 Å². The van der Waals surface area contributed by atoms with E-state index in [1.807, 2.05) is 0 Å². The van der Waals surface area contributed by atoms with E-state index < -0.39 is 357 Å². The molecule has 48 nitrogen and oxygen atoms in total. The highest BCUT2D eigenvalue weighted by Crippen LogP contribution is 2.34. The monoisotopic (exact) mass is 2040 g/mol. The number of aliphatic hydroxyl groups is 7. The van der Waals surface area contributed by atoms with Crippen molar-refractivity contribution in [3.05, 3.63) is 18.2 Å². The lowest BCUT2D eigenvalue weighted by Gasteiger charge is -2.42. The first-order chi connectivity index (χ1) is 67.9. The quantitative estimate of drug-likeness (QED) is 0.0165. The van der Waals surface area contributed by atoms with Crippen LogP contribution in [-0.4, -0.2) is 374 Å². The van der Waals surface area contributed by atoms with Gasteiger partial charge >= 0.3 is 0 Å². The molecule has 0 aliphatic carbocycles. The summed E-state index contributed by atoms with van der Waals surface area (Å²) < 4.78 is 12.1. The molecule has 6 fully saturated rings. The second-order valence-electron chi connectivity index (χ2n) is 39.8. The summed E-state index contributed by atoms with van der Waals surface area (Å²) in [5.41, 5.74) is 11.7. The first-order valence-electron chi connectivity index (χ1n) is 49.9. The number of H-pyrrole nitrogens is 1. The van der Waals surface area contributed by atoms with E-state index in [1.54, 1.807) is 27.0 Å². The molecular weight excluding hydrogens is 1890 g/mol. The molecule has 1 aromatic rings. The van der Waals surface area contributed by atoms with Crippen molar-refractivity contribution in [3.63, 3.8) is 0 Å². The zero-order valence-corrected chi connectivity index (χ0v) is 84.2. The van der Waals surface area contributed by atoms with Crippen molar-refractivity contribution in [2.24, 2.45) is 64.7 Å². The predicted octanol–water partition coefficient (Wildman–Crippen LogP) is -4.94. The molecule has 7 rings (SSSR count). The summed E-state index contributed by atoms with van der Waals surface area (Å²) in [6, 6.07) is -14.4. The van der Waals surface area contributed by atoms with Gasteiger partial charge in [-0.2, -0.15) is 0 Å². The third-order valence-corrected chi connectivity index (χ3v) is 27.9. The normalized spacial score (nSPS) is 23.4. The van der Waals surface area contributed by atoms with Gasteiger partial charge in [0.25, 0.3) is 0 Å². The summed E-state index contributed by atoms with van der Waals surface area (Å²) in [6.45, 7) is 13.6. The number of guanidine groups is 1. The molecule has 0 spiro atoms. The Hall–Kier alpha value is -11.4. The van der Waals surface area contributed by atoms with Gasteiger partial charge in [0, 0.05) is 139 Å². The molecule has 0 bridgehead atoms. The Balaban J connectivity index is 0.974. The second kappa shape index (κ2) is 56.3. The number of Topliss-reactive ketones (excluding diaryl/α,β-unsaturated/α-hetero) is 8. The van der Waals surface area contributed by atoms with Gasteiger partial charge in [0.2, 0.25) is 76.8 Å². The highest BCUT2D eigenvalue weighted by atomic mass is 16.7. The fourth-order valence-corrected chi connectivity index (χ4v) is 19.3. The number of likely N-dealkylation sites (tertiary alicyclic amines) is 5. The number of aromatic nitrogens is 2. The zero-order chi connectivity index (χ0) is 107. The van der Waals surface area contributed by atoms with E-state index in [0.717, 1.165) is 17.5 Å². The maximum Gasteiger partial charge on any atom is 0.246 e. The Morgan fingerprint density at radius 1 is 0.514 bits per heavy atom. The smallest absolute Gasteiger partial charge is 0.246 e. The first-order valence-corrected chi connectivity index (χ1v) is 49.9. The average Bonchev–Trinajstić information content (AvgIpc) is 1.64. The third kappa shape index (κ3) is 33.3. The maximum absolute atomic E-state index is 15.4. The Morgan fingerprint density at radius 3 is 1.56 bits per heavy atom. The largest absolute Gasteiger partial charge is 0.396 e. The molecule has 7 heterocycles. The number of ether oxygens (including phenoxy) is 2. The summed E-state index contributed by atoms with van der Waals surface area (Å²) in [6.07, 6.45) is -10.0. The third-order valence-electron chi connectivity index (χ3n) is 27.9. The average molecular weight is 2040 g/mol. The number of nitrogens with one attached hydrogen (secondary N) is 10. The topological polar surface area (TPSA) is 736 Å². The van der Waals surface area contributed by atoms with E-state index in [0.29, 0.717) is 32.1 Å². The van der Waals surface area contributed by atoms with E-state index in [1.165, 1.54) is 81.3 Å². The highest BCUT2D eigenvalue weighted by molar-refractivity contribution is 6.03. The Bertz CT molecular complexity index is 4730. The molecule has 6 aliphatic rings. The van der Waals surface area contributed by atoms with Gasteiger partial charge in [0.15, 0.2) is 46.9 Å². The van der Waals surface area contributed by atoms with Crippen LogP contribution < -0.4 is 54.0 Å². The number of hydrogen-bond donors (Lipinski definition) is 19. The number of rotatable bonds is 58. The summed E-state index contributed by atoms with van der Waals surface area (Å²) >= 11 is 0. The van der Waals surface area contributed by atoms with Crippen molar-refractivity contribution in [3.8, 4) is 0 Å². The molecule has 21 N–H and O–H groups in total. The Kier molecular flexibility index (Phi) is 46.8. The lowest BCUT2D eigenvalue weighted by atomic mass is 9.89. The van der Waals surface area contributed by atoms with Gasteiger partial charge in [0.1, 0.15) is 72.1 Å². The van der Waals surface area contributed by atoms with E-state index in [9.17, 15) is 122 Å². The first kappa shape index (κ1) is 120. The molecule has 26 atom stereocenters. The van der Waals surface area contributed by atoms with Crippen molar-refractivity contribution in [2.45, 2.75) is 334 Å². The molecule has 6 aliphatic heterocycles. The number of nitrogens with zero attached hydrogens (tertiary/aromatic N) is 6. The van der Waals surface area contributed by atoms with Crippen LogP contribution in [-0.2, 0) is 117 Å². The Morgan fingerprint density at radius 2 is 1.02 bits per heavy atom. The van der Waals surface area contributed by atoms with Crippen LogP contribution in [0, 0.1) is 58.7 Å². The van der Waals surface area contributed by atoms with E-state index in [4.69, 9.17) is 26.4 Å². The summed E-state index contributed by atoms with van der Waals surface area (Å²) in [7, 11) is 0. The van der Waals surface area contributed by atoms with E-state index in [-0.39, 0.29) is 109 Å². The number of ketones is 8. The fourth-order valence-electron chi connectivity index (χ4n) is 19.3. The molecule has 1 aromatic heterocycles. The van der Waals surface area contributed by atoms with Gasteiger partial charge in [-0.3, -0.25) is 106 Å². The van der Waals surface area contributed by atoms with Crippen LogP contribution in [0.1, 0.15) is 224 Å². The molecule has 0 radical (unpaired) electrons. The molecule has 0 aromatic carbocycles. The summed E-state index contributed by atoms with van der Waals surface area (Å²) in [4.78, 5) is 306. The minimum Gasteiger partial charge on any atom is -0.396 e. The van der Waals surface area contributed by atoms with Gasteiger partial charge in [-0.25, -0.2) is 4.98 Å². The summed E-state index contributed by atoms with van der Waals surface area (Å²) in [5.74, 6) is -26.4. The van der Waals surface area contributed by atoms with E-state index in [2.05, 4.69) is 52.5 Å². The van der Waals surface area contributed by atoms with Crippen LogP contribution in [0.4, 0.5) is 0 Å². The van der Waals surface area contributed by atoms with Gasteiger partial charge in [-0.1, -0.05) is 48.5 Å². The predicted molar refractivity (Wildman–Crippen MR) is 509 cm³/mol. The van der Waals surface area contributed by atoms with Gasteiger partial charge in [-0.05, 0) is 124 Å². The molecule has 144 heavy (non-hydrogen) atoms. The number of imidazole rings is 1. The molecule has 5 unspecified atom stereocenters. The van der Waals surface area contributed by atoms with Crippen LogP contribution in [0.3, 0.4) is 0 Å². The minimum atomic E-state index is -1.74. The minimum absolute atomic E-state index is 0.00734. The molecule has 0 saturated carbocycles. The van der Waals surface area contributed by atoms with Crippen molar-refractivity contribution in [1.82, 2.24) is 77.0 Å². The van der Waals surface area contributed by atoms with Crippen LogP contribution in [0.25, 0.3) is 0 Å². The Labute approximate surface area is 836 Å². The van der Waals surface area contributed by atoms with Crippen LogP contribution >= 0.6 is 0 Å². The summed E-state index contributed by atoms with van der Waals surface area (Å²) in [5, 5.41) is 103. The highest BCUT2D eigenvalue weighted by Gasteiger charge is 2.50. The number of hydrogen-bond acceptors (Lipinski definition) is 32. The number of amides is 13.